The Morgan fingerprint density at radius 3 is 2.60 bits per heavy atom. The van der Waals surface area contributed by atoms with Gasteiger partial charge in [0, 0.05) is 26.7 Å². The highest BCUT2D eigenvalue weighted by atomic mass is 127. The summed E-state index contributed by atoms with van der Waals surface area (Å²) in [4.78, 5) is 23.7. The van der Waals surface area contributed by atoms with Gasteiger partial charge in [-0.1, -0.05) is 12.1 Å². The number of nitrogens with zero attached hydrogens (tertiary/aromatic N) is 1. The van der Waals surface area contributed by atoms with E-state index in [-0.39, 0.29) is 11.4 Å². The van der Waals surface area contributed by atoms with Crippen molar-refractivity contribution in [1.82, 2.24) is 0 Å². The first-order valence-electron chi connectivity index (χ1n) is 7.46. The quantitative estimate of drug-likeness (QED) is 0.312. The van der Waals surface area contributed by atoms with Crippen LogP contribution < -0.4 is 10.6 Å². The summed E-state index contributed by atoms with van der Waals surface area (Å²) in [5, 5.41) is 14.8. The lowest BCUT2D eigenvalue weighted by atomic mass is 10.1. The fourth-order valence-electron chi connectivity index (χ4n) is 2.10. The molecule has 0 atom stereocenters. The second-order valence-corrected chi connectivity index (χ2v) is 6.61. The molecule has 25 heavy (non-hydrogen) atoms. The zero-order chi connectivity index (χ0) is 18.4. The van der Waals surface area contributed by atoms with E-state index >= 15 is 0 Å². The summed E-state index contributed by atoms with van der Waals surface area (Å²) in [6.45, 7) is 3.40. The number of benzene rings is 2. The van der Waals surface area contributed by atoms with E-state index in [9.17, 15) is 14.9 Å². The number of ketones is 1. The van der Waals surface area contributed by atoms with Gasteiger partial charge in [0.15, 0.2) is 5.78 Å². The molecular formula is C19H16IN3O2. The lowest BCUT2D eigenvalue weighted by Gasteiger charge is -2.08. The number of nitrogens with one attached hydrogen (secondary N) is 2. The number of hydrogen-bond acceptors (Lipinski definition) is 4. The van der Waals surface area contributed by atoms with Crippen molar-refractivity contribution in [3.8, 4) is 6.07 Å². The predicted molar refractivity (Wildman–Crippen MR) is 106 cm³/mol. The molecule has 1 amide bonds. The van der Waals surface area contributed by atoms with E-state index in [1.807, 2.05) is 31.2 Å². The molecule has 0 aliphatic rings. The molecule has 0 unspecified atom stereocenters. The van der Waals surface area contributed by atoms with Crippen molar-refractivity contribution in [2.45, 2.75) is 13.8 Å². The molecule has 2 aromatic rings. The number of carbonyl (C=O) groups excluding carboxylic acids is 2. The van der Waals surface area contributed by atoms with Gasteiger partial charge in [-0.3, -0.25) is 9.59 Å². The summed E-state index contributed by atoms with van der Waals surface area (Å²) in [6.07, 6.45) is 1.37. The molecule has 2 rings (SSSR count). The van der Waals surface area contributed by atoms with Crippen molar-refractivity contribution >= 4 is 45.7 Å². The van der Waals surface area contributed by atoms with Gasteiger partial charge in [-0.2, -0.15) is 5.26 Å². The number of rotatable bonds is 5. The summed E-state index contributed by atoms with van der Waals surface area (Å²) < 4.78 is 1.10. The first-order chi connectivity index (χ1) is 11.9. The average molecular weight is 445 g/mol. The van der Waals surface area contributed by atoms with E-state index in [1.54, 1.807) is 24.3 Å². The summed E-state index contributed by atoms with van der Waals surface area (Å²) in [5.41, 5.74) is 2.72. The third-order valence-corrected chi connectivity index (χ3v) is 4.12. The third kappa shape index (κ3) is 5.16. The molecule has 0 radical (unpaired) electrons. The molecule has 0 aliphatic carbocycles. The molecule has 0 fully saturated rings. The average Bonchev–Trinajstić information content (AvgIpc) is 2.57. The number of halogens is 1. The van der Waals surface area contributed by atoms with E-state index in [1.165, 1.54) is 13.1 Å². The molecule has 0 aliphatic heterocycles. The number of amides is 1. The van der Waals surface area contributed by atoms with Crippen molar-refractivity contribution < 1.29 is 9.59 Å². The molecule has 0 bridgehead atoms. The van der Waals surface area contributed by atoms with Gasteiger partial charge >= 0.3 is 0 Å². The van der Waals surface area contributed by atoms with Crippen LogP contribution in [0.3, 0.4) is 0 Å². The van der Waals surface area contributed by atoms with Crippen LogP contribution in [0.4, 0.5) is 11.4 Å². The molecule has 5 nitrogen and oxygen atoms in total. The van der Waals surface area contributed by atoms with Gasteiger partial charge in [-0.15, -0.1) is 0 Å². The van der Waals surface area contributed by atoms with E-state index in [0.29, 0.717) is 11.3 Å². The third-order valence-electron chi connectivity index (χ3n) is 3.45. The molecule has 6 heteroatoms. The second-order valence-electron chi connectivity index (χ2n) is 5.36. The smallest absolute Gasteiger partial charge is 0.267 e. The topological polar surface area (TPSA) is 82.0 Å². The zero-order valence-corrected chi connectivity index (χ0v) is 15.9. The first-order valence-corrected chi connectivity index (χ1v) is 8.54. The van der Waals surface area contributed by atoms with Gasteiger partial charge < -0.3 is 10.6 Å². The minimum atomic E-state index is -0.543. The van der Waals surface area contributed by atoms with E-state index < -0.39 is 5.91 Å². The molecular weight excluding hydrogens is 429 g/mol. The molecule has 0 heterocycles. The van der Waals surface area contributed by atoms with E-state index in [4.69, 9.17) is 0 Å². The molecule has 0 saturated carbocycles. The number of anilines is 2. The van der Waals surface area contributed by atoms with Crippen LogP contribution >= 0.6 is 22.6 Å². The SMILES string of the molecule is CC(=O)c1cccc(NC(=O)/C(C#N)=C\Nc2ccc(I)cc2C)c1. The summed E-state index contributed by atoms with van der Waals surface area (Å²) >= 11 is 2.22. The van der Waals surface area contributed by atoms with Crippen LogP contribution in [0.2, 0.25) is 0 Å². The van der Waals surface area contributed by atoms with Crippen molar-refractivity contribution in [2.24, 2.45) is 0 Å². The van der Waals surface area contributed by atoms with E-state index in [2.05, 4.69) is 33.2 Å². The predicted octanol–water partition coefficient (Wildman–Crippen LogP) is 4.26. The standard InChI is InChI=1S/C19H16IN3O2/c1-12-8-16(20)6-7-18(12)22-11-15(10-21)19(25)23-17-5-3-4-14(9-17)13(2)24/h3-9,11,22H,1-2H3,(H,23,25)/b15-11-. The van der Waals surface area contributed by atoms with Crippen molar-refractivity contribution in [3.05, 3.63) is 68.9 Å². The minimum Gasteiger partial charge on any atom is -0.360 e. The summed E-state index contributed by atoms with van der Waals surface area (Å²) in [6, 6.07) is 14.3. The zero-order valence-electron chi connectivity index (χ0n) is 13.8. The van der Waals surface area contributed by atoms with Crippen LogP contribution in [0.1, 0.15) is 22.8 Å². The summed E-state index contributed by atoms with van der Waals surface area (Å²) in [5.74, 6) is -0.637. The van der Waals surface area contributed by atoms with Crippen LogP contribution in [-0.2, 0) is 4.79 Å². The van der Waals surface area contributed by atoms with Gasteiger partial charge in [-0.25, -0.2) is 0 Å². The second kappa shape index (κ2) is 8.44. The van der Waals surface area contributed by atoms with Gasteiger partial charge in [0.25, 0.3) is 5.91 Å². The maximum Gasteiger partial charge on any atom is 0.267 e. The fraction of sp³-hybridized carbons (Fsp3) is 0.105. The van der Waals surface area contributed by atoms with Crippen LogP contribution in [0.25, 0.3) is 0 Å². The Morgan fingerprint density at radius 1 is 1.20 bits per heavy atom. The van der Waals surface area contributed by atoms with E-state index in [0.717, 1.165) is 14.8 Å². The maximum absolute atomic E-state index is 12.3. The number of aryl methyl sites for hydroxylation is 1. The molecule has 126 valence electrons. The highest BCUT2D eigenvalue weighted by molar-refractivity contribution is 14.1. The lowest BCUT2D eigenvalue weighted by Crippen LogP contribution is -2.15. The van der Waals surface area contributed by atoms with Gasteiger partial charge in [0.05, 0.1) is 0 Å². The highest BCUT2D eigenvalue weighted by Gasteiger charge is 2.10. The van der Waals surface area contributed by atoms with Crippen LogP contribution in [0.5, 0.6) is 0 Å². The Bertz CT molecular complexity index is 898. The molecule has 2 aromatic carbocycles. The van der Waals surface area contributed by atoms with Gasteiger partial charge in [0.1, 0.15) is 11.6 Å². The van der Waals surface area contributed by atoms with Crippen molar-refractivity contribution in [2.75, 3.05) is 10.6 Å². The normalized spacial score (nSPS) is 10.7. The molecule has 2 N–H and O–H groups in total. The van der Waals surface area contributed by atoms with Crippen molar-refractivity contribution in [3.63, 3.8) is 0 Å². The summed E-state index contributed by atoms with van der Waals surface area (Å²) in [7, 11) is 0. The minimum absolute atomic E-state index is 0.0637. The molecule has 0 aromatic heterocycles. The Morgan fingerprint density at radius 2 is 1.96 bits per heavy atom. The van der Waals surface area contributed by atoms with Gasteiger partial charge in [0.2, 0.25) is 0 Å². The number of hydrogen-bond donors (Lipinski definition) is 2. The van der Waals surface area contributed by atoms with Gasteiger partial charge in [-0.05, 0) is 72.3 Å². The number of nitriles is 1. The highest BCUT2D eigenvalue weighted by Crippen LogP contribution is 2.18. The molecule has 0 saturated heterocycles. The Balaban J connectivity index is 2.14. The number of carbonyl (C=O) groups is 2. The Kier molecular flexibility index (Phi) is 6.31. The molecule has 0 spiro atoms. The monoisotopic (exact) mass is 445 g/mol. The lowest BCUT2D eigenvalue weighted by molar-refractivity contribution is -0.112. The first kappa shape index (κ1) is 18.7. The van der Waals surface area contributed by atoms with Crippen LogP contribution in [-0.4, -0.2) is 11.7 Å². The maximum atomic E-state index is 12.3. The Labute approximate surface area is 159 Å². The number of Topliss-reactive ketones (excluding diaryl/α,β-unsaturated/α-hetero) is 1. The van der Waals surface area contributed by atoms with Crippen LogP contribution in [0, 0.1) is 21.8 Å². The fourth-order valence-corrected chi connectivity index (χ4v) is 2.75. The largest absolute Gasteiger partial charge is 0.360 e. The van der Waals surface area contributed by atoms with Crippen molar-refractivity contribution in [1.29, 1.82) is 5.26 Å². The Hall–Kier alpha value is -2.66. The van der Waals surface area contributed by atoms with Crippen LogP contribution in [0.15, 0.2) is 54.2 Å².